The van der Waals surface area contributed by atoms with Crippen molar-refractivity contribution in [1.82, 2.24) is 14.8 Å². The summed E-state index contributed by atoms with van der Waals surface area (Å²) in [6.07, 6.45) is 5.44. The van der Waals surface area contributed by atoms with Crippen LogP contribution in [0.5, 0.6) is 0 Å². The van der Waals surface area contributed by atoms with E-state index in [1.165, 1.54) is 0 Å². The standard InChI is InChI=1S/C9H9BN3/c1-10-8-3-4-9(11-7-8)13-6-2-5-12-13/h2-7H,1H3. The van der Waals surface area contributed by atoms with Gasteiger partial charge in [0.1, 0.15) is 7.28 Å². The Morgan fingerprint density at radius 2 is 2.31 bits per heavy atom. The van der Waals surface area contributed by atoms with E-state index in [1.807, 2.05) is 44.7 Å². The Morgan fingerprint density at radius 3 is 2.85 bits per heavy atom. The van der Waals surface area contributed by atoms with Gasteiger partial charge < -0.3 is 0 Å². The van der Waals surface area contributed by atoms with Gasteiger partial charge in [0.15, 0.2) is 5.82 Å². The zero-order chi connectivity index (χ0) is 9.10. The molecule has 0 bridgehead atoms. The molecule has 0 spiro atoms. The number of pyridine rings is 1. The molecule has 0 N–H and O–H groups in total. The van der Waals surface area contributed by atoms with Crippen LogP contribution in [0.25, 0.3) is 5.82 Å². The van der Waals surface area contributed by atoms with E-state index in [-0.39, 0.29) is 0 Å². The maximum Gasteiger partial charge on any atom is 0.153 e. The van der Waals surface area contributed by atoms with Crippen molar-refractivity contribution in [2.24, 2.45) is 0 Å². The first-order chi connectivity index (χ1) is 6.40. The average molecular weight is 170 g/mol. The zero-order valence-electron chi connectivity index (χ0n) is 7.38. The summed E-state index contributed by atoms with van der Waals surface area (Å²) >= 11 is 0. The Bertz CT molecular complexity index is 366. The van der Waals surface area contributed by atoms with Crippen LogP contribution in [0.4, 0.5) is 0 Å². The molecule has 3 nitrogen and oxygen atoms in total. The second-order valence-electron chi connectivity index (χ2n) is 2.69. The van der Waals surface area contributed by atoms with E-state index < -0.39 is 0 Å². The van der Waals surface area contributed by atoms with Gasteiger partial charge in [-0.15, -0.1) is 0 Å². The van der Waals surface area contributed by atoms with Gasteiger partial charge >= 0.3 is 0 Å². The monoisotopic (exact) mass is 170 g/mol. The summed E-state index contributed by atoms with van der Waals surface area (Å²) in [5.74, 6) is 0.843. The smallest absolute Gasteiger partial charge is 0.153 e. The second-order valence-corrected chi connectivity index (χ2v) is 2.69. The van der Waals surface area contributed by atoms with Crippen molar-refractivity contribution in [3.8, 4) is 5.82 Å². The fourth-order valence-corrected chi connectivity index (χ4v) is 1.11. The molecule has 13 heavy (non-hydrogen) atoms. The van der Waals surface area contributed by atoms with Crippen LogP contribution in [0.3, 0.4) is 0 Å². The first-order valence-electron chi connectivity index (χ1n) is 4.15. The first kappa shape index (κ1) is 8.04. The molecular formula is C9H9BN3. The highest BCUT2D eigenvalue weighted by molar-refractivity contribution is 6.51. The van der Waals surface area contributed by atoms with Gasteiger partial charge in [-0.25, -0.2) is 9.67 Å². The van der Waals surface area contributed by atoms with Crippen LogP contribution >= 0.6 is 0 Å². The number of nitrogens with zero attached hydrogens (tertiary/aromatic N) is 3. The van der Waals surface area contributed by atoms with Gasteiger partial charge in [0, 0.05) is 18.6 Å². The van der Waals surface area contributed by atoms with Crippen LogP contribution < -0.4 is 5.46 Å². The quantitative estimate of drug-likeness (QED) is 0.619. The summed E-state index contributed by atoms with van der Waals surface area (Å²) in [5.41, 5.74) is 1.12. The van der Waals surface area contributed by atoms with Gasteiger partial charge in [0.05, 0.1) is 0 Å². The number of hydrogen-bond donors (Lipinski definition) is 0. The molecule has 4 heteroatoms. The van der Waals surface area contributed by atoms with Crippen molar-refractivity contribution in [1.29, 1.82) is 0 Å². The van der Waals surface area contributed by atoms with Crippen molar-refractivity contribution in [3.05, 3.63) is 36.8 Å². The van der Waals surface area contributed by atoms with Gasteiger partial charge in [-0.1, -0.05) is 18.4 Å². The molecule has 0 fully saturated rings. The highest BCUT2D eigenvalue weighted by Crippen LogP contribution is 1.98. The summed E-state index contributed by atoms with van der Waals surface area (Å²) in [6.45, 7) is 1.99. The summed E-state index contributed by atoms with van der Waals surface area (Å²) in [7, 11) is 2.01. The summed E-state index contributed by atoms with van der Waals surface area (Å²) in [4.78, 5) is 4.26. The number of hydrogen-bond acceptors (Lipinski definition) is 2. The van der Waals surface area contributed by atoms with Crippen LogP contribution in [0.2, 0.25) is 6.82 Å². The fourth-order valence-electron chi connectivity index (χ4n) is 1.11. The Kier molecular flexibility index (Phi) is 2.12. The molecule has 0 aliphatic carbocycles. The largest absolute Gasteiger partial charge is 0.238 e. The number of rotatable bonds is 2. The third-order valence-corrected chi connectivity index (χ3v) is 1.84. The van der Waals surface area contributed by atoms with E-state index in [0.717, 1.165) is 11.3 Å². The fraction of sp³-hybridized carbons (Fsp3) is 0.111. The molecule has 0 saturated heterocycles. The molecule has 0 atom stereocenters. The molecule has 2 aromatic rings. The lowest BCUT2D eigenvalue weighted by Gasteiger charge is -2.00. The molecule has 0 aliphatic heterocycles. The van der Waals surface area contributed by atoms with Crippen LogP contribution in [-0.2, 0) is 0 Å². The molecule has 2 heterocycles. The zero-order valence-corrected chi connectivity index (χ0v) is 7.38. The lowest BCUT2D eigenvalue weighted by molar-refractivity contribution is 0.848. The van der Waals surface area contributed by atoms with Crippen molar-refractivity contribution < 1.29 is 0 Å². The van der Waals surface area contributed by atoms with E-state index in [9.17, 15) is 0 Å². The summed E-state index contributed by atoms with van der Waals surface area (Å²) < 4.78 is 1.74. The molecule has 0 aromatic carbocycles. The molecule has 0 unspecified atom stereocenters. The Hall–Kier alpha value is -1.58. The van der Waals surface area contributed by atoms with Crippen molar-refractivity contribution >= 4 is 12.7 Å². The highest BCUT2D eigenvalue weighted by atomic mass is 15.3. The van der Waals surface area contributed by atoms with Crippen LogP contribution in [0, 0.1) is 0 Å². The maximum atomic E-state index is 4.26. The minimum absolute atomic E-state index is 0.843. The lowest BCUT2D eigenvalue weighted by atomic mass is 9.74. The lowest BCUT2D eigenvalue weighted by Crippen LogP contribution is -2.12. The van der Waals surface area contributed by atoms with E-state index in [1.54, 1.807) is 10.9 Å². The van der Waals surface area contributed by atoms with Crippen LogP contribution in [0.15, 0.2) is 36.8 Å². The first-order valence-corrected chi connectivity index (χ1v) is 4.15. The van der Waals surface area contributed by atoms with Crippen LogP contribution in [0.1, 0.15) is 0 Å². The molecular weight excluding hydrogens is 161 g/mol. The molecule has 1 radical (unpaired) electrons. The van der Waals surface area contributed by atoms with Gasteiger partial charge in [-0.2, -0.15) is 5.10 Å². The third-order valence-electron chi connectivity index (χ3n) is 1.84. The minimum Gasteiger partial charge on any atom is -0.238 e. The van der Waals surface area contributed by atoms with Crippen molar-refractivity contribution in [2.45, 2.75) is 6.82 Å². The second kappa shape index (κ2) is 3.43. The van der Waals surface area contributed by atoms with E-state index in [4.69, 9.17) is 0 Å². The van der Waals surface area contributed by atoms with Gasteiger partial charge in [-0.3, -0.25) is 0 Å². The average Bonchev–Trinajstić information content (AvgIpc) is 2.71. The Morgan fingerprint density at radius 1 is 1.38 bits per heavy atom. The third kappa shape index (κ3) is 1.61. The number of aromatic nitrogens is 3. The van der Waals surface area contributed by atoms with Crippen LogP contribution in [-0.4, -0.2) is 22.0 Å². The molecule has 0 saturated carbocycles. The molecule has 0 aliphatic rings. The normalized spacial score (nSPS) is 9.92. The highest BCUT2D eigenvalue weighted by Gasteiger charge is 1.96. The molecule has 63 valence electrons. The summed E-state index contributed by atoms with van der Waals surface area (Å²) in [6, 6.07) is 5.84. The summed E-state index contributed by atoms with van der Waals surface area (Å²) in [5, 5.41) is 4.09. The molecule has 0 amide bonds. The van der Waals surface area contributed by atoms with Gasteiger partial charge in [0.25, 0.3) is 0 Å². The molecule has 2 rings (SSSR count). The molecule has 2 aromatic heterocycles. The van der Waals surface area contributed by atoms with E-state index in [2.05, 4.69) is 10.1 Å². The maximum absolute atomic E-state index is 4.26. The predicted molar refractivity (Wildman–Crippen MR) is 52.6 cm³/mol. The van der Waals surface area contributed by atoms with Crippen molar-refractivity contribution in [3.63, 3.8) is 0 Å². The Labute approximate surface area is 77.7 Å². The minimum atomic E-state index is 0.843. The van der Waals surface area contributed by atoms with Crippen molar-refractivity contribution in [2.75, 3.05) is 0 Å². The Balaban J connectivity index is 2.33. The van der Waals surface area contributed by atoms with E-state index >= 15 is 0 Å². The topological polar surface area (TPSA) is 30.7 Å². The van der Waals surface area contributed by atoms with E-state index in [0.29, 0.717) is 0 Å². The SMILES string of the molecule is C[B]c1ccc(-n2cccn2)nc1. The van der Waals surface area contributed by atoms with Gasteiger partial charge in [0.2, 0.25) is 0 Å². The van der Waals surface area contributed by atoms with Gasteiger partial charge in [-0.05, 0) is 12.1 Å². The predicted octanol–water partition coefficient (Wildman–Crippen LogP) is 0.645.